The van der Waals surface area contributed by atoms with Gasteiger partial charge in [-0.15, -0.1) is 0 Å². The van der Waals surface area contributed by atoms with E-state index in [1.165, 1.54) is 36.4 Å². The van der Waals surface area contributed by atoms with Crippen LogP contribution in [0, 0.1) is 0 Å². The van der Waals surface area contributed by atoms with Crippen molar-refractivity contribution >= 4 is 11.0 Å². The normalized spacial score (nSPS) is 25.3. The third-order valence-corrected chi connectivity index (χ3v) is 5.04. The number of aliphatic hydroxyl groups excluding tert-OH is 4. The van der Waals surface area contributed by atoms with Crippen LogP contribution < -0.4 is 17.1 Å². The topological polar surface area (TPSA) is 171 Å². The van der Waals surface area contributed by atoms with Gasteiger partial charge in [0.1, 0.15) is 47.1 Å². The first-order valence-electron chi connectivity index (χ1n) is 9.38. The summed E-state index contributed by atoms with van der Waals surface area (Å²) in [5.74, 6) is -0.420. The zero-order valence-corrected chi connectivity index (χ0v) is 17.1. The molecule has 1 saturated heterocycles. The van der Waals surface area contributed by atoms with Crippen LogP contribution in [-0.2, 0) is 4.74 Å². The molecule has 3 aromatic rings. The molecule has 0 spiro atoms. The van der Waals surface area contributed by atoms with E-state index >= 15 is 0 Å². The number of hydrogen-bond acceptors (Lipinski definition) is 9. The predicted molar refractivity (Wildman–Crippen MR) is 105 cm³/mol. The summed E-state index contributed by atoms with van der Waals surface area (Å²) in [6.45, 7) is -0.627. The second kappa shape index (κ2) is 9.33. The van der Waals surface area contributed by atoms with Gasteiger partial charge >= 0.3 is 11.3 Å². The number of aromatic hydroxyl groups is 3. The Balaban J connectivity index is 0.00000289. The van der Waals surface area contributed by atoms with E-state index in [9.17, 15) is 35.7 Å². The molecule has 1 aromatic heterocycles. The van der Waals surface area contributed by atoms with Crippen LogP contribution in [-0.4, -0.2) is 73.1 Å². The summed E-state index contributed by atoms with van der Waals surface area (Å²) in [4.78, 5) is 0. The Bertz CT molecular complexity index is 1090. The molecule has 0 saturated carbocycles. The van der Waals surface area contributed by atoms with Crippen molar-refractivity contribution < 1.29 is 62.0 Å². The zero-order chi connectivity index (χ0) is 22.3. The molecular weight excluding hydrogens is 448 g/mol. The molecule has 2 unspecified atom stereocenters. The van der Waals surface area contributed by atoms with Crippen molar-refractivity contribution in [1.29, 1.82) is 0 Å². The van der Waals surface area contributed by atoms with E-state index in [1.54, 1.807) is 0 Å². The summed E-state index contributed by atoms with van der Waals surface area (Å²) >= 11 is 0. The maximum absolute atomic E-state index is 10.3. The van der Waals surface area contributed by atoms with Crippen LogP contribution in [0.2, 0.25) is 0 Å². The fraction of sp³-hybridized carbons (Fsp3) is 0.286. The van der Waals surface area contributed by atoms with Crippen molar-refractivity contribution in [2.24, 2.45) is 0 Å². The molecule has 1 fully saturated rings. The average molecular weight is 469 g/mol. The average Bonchev–Trinajstić information content (AvgIpc) is 2.74. The number of phenolic OH excluding ortho intramolecular Hbond substituents is 3. The van der Waals surface area contributed by atoms with E-state index in [-0.39, 0.29) is 52.1 Å². The molecule has 0 radical (unpaired) electrons. The van der Waals surface area contributed by atoms with Crippen molar-refractivity contribution in [3.63, 3.8) is 0 Å². The number of hydrogen-bond donors (Lipinski definition) is 7. The lowest BCUT2D eigenvalue weighted by Crippen LogP contribution is -3.00. The standard InChI is InChI=1S/C21H20O10.ClH/c22-8-16-17(26)18(27)19(28)21(31-16)30-15-7-12-13(25)5-11(24)6-14(12)29-20(15)9-1-3-10(23)4-2-9;/h1-7,16-19,21-22,26-28H,8H2,(H2-,23,24,25);1H/t16?,17-,18?,19-,21+;/m1./s1. The Morgan fingerprint density at radius 1 is 0.875 bits per heavy atom. The molecule has 1 aliphatic rings. The van der Waals surface area contributed by atoms with E-state index in [1.807, 2.05) is 0 Å². The molecule has 172 valence electrons. The molecule has 0 aliphatic carbocycles. The summed E-state index contributed by atoms with van der Waals surface area (Å²) in [6, 6.07) is 9.66. The number of phenols is 3. The molecule has 4 rings (SSSR count). The van der Waals surface area contributed by atoms with Crippen LogP contribution in [0.5, 0.6) is 23.0 Å². The van der Waals surface area contributed by atoms with E-state index in [0.717, 1.165) is 6.07 Å². The molecule has 10 nitrogen and oxygen atoms in total. The minimum absolute atomic E-state index is 0. The van der Waals surface area contributed by atoms with Gasteiger partial charge in [0, 0.05) is 12.1 Å². The molecule has 5 atom stereocenters. The maximum Gasteiger partial charge on any atom is 0.402 e. The Labute approximate surface area is 187 Å². The minimum atomic E-state index is -1.66. The van der Waals surface area contributed by atoms with E-state index in [2.05, 4.69) is 0 Å². The number of halogens is 1. The van der Waals surface area contributed by atoms with Gasteiger partial charge in [-0.25, -0.2) is 4.42 Å². The predicted octanol–water partition coefficient (Wildman–Crippen LogP) is -2.32. The summed E-state index contributed by atoms with van der Waals surface area (Å²) in [5, 5.41) is 69.4. The third-order valence-electron chi connectivity index (χ3n) is 5.04. The lowest BCUT2D eigenvalue weighted by Gasteiger charge is -2.39. The molecule has 2 heterocycles. The molecule has 32 heavy (non-hydrogen) atoms. The van der Waals surface area contributed by atoms with Crippen molar-refractivity contribution in [2.75, 3.05) is 6.61 Å². The van der Waals surface area contributed by atoms with Gasteiger partial charge in [-0.3, -0.25) is 0 Å². The van der Waals surface area contributed by atoms with Gasteiger partial charge in [0.2, 0.25) is 12.0 Å². The number of fused-ring (bicyclic) bond motifs is 1. The molecule has 7 N–H and O–H groups in total. The Kier molecular flexibility index (Phi) is 6.94. The zero-order valence-electron chi connectivity index (χ0n) is 16.4. The number of rotatable bonds is 4. The lowest BCUT2D eigenvalue weighted by atomic mass is 9.99. The highest BCUT2D eigenvalue weighted by Gasteiger charge is 2.45. The van der Waals surface area contributed by atoms with Crippen LogP contribution in [0.15, 0.2) is 46.9 Å². The molecule has 11 heteroatoms. The van der Waals surface area contributed by atoms with Crippen LogP contribution in [0.4, 0.5) is 0 Å². The van der Waals surface area contributed by atoms with Gasteiger partial charge in [-0.1, -0.05) is 0 Å². The fourth-order valence-corrected chi connectivity index (χ4v) is 3.38. The van der Waals surface area contributed by atoms with Crippen LogP contribution in [0.3, 0.4) is 0 Å². The molecule has 0 amide bonds. The van der Waals surface area contributed by atoms with Gasteiger partial charge in [-0.2, -0.15) is 0 Å². The molecule has 0 bridgehead atoms. The highest BCUT2D eigenvalue weighted by Crippen LogP contribution is 2.40. The van der Waals surface area contributed by atoms with Crippen LogP contribution in [0.25, 0.3) is 22.3 Å². The van der Waals surface area contributed by atoms with Crippen LogP contribution in [0.1, 0.15) is 0 Å². The van der Waals surface area contributed by atoms with E-state index in [0.29, 0.717) is 5.56 Å². The van der Waals surface area contributed by atoms with Crippen molar-refractivity contribution in [3.05, 3.63) is 42.5 Å². The van der Waals surface area contributed by atoms with Crippen molar-refractivity contribution in [2.45, 2.75) is 30.7 Å². The Hall–Kier alpha value is -2.86. The van der Waals surface area contributed by atoms with Gasteiger partial charge in [0.05, 0.1) is 18.2 Å². The first-order chi connectivity index (χ1) is 14.8. The summed E-state index contributed by atoms with van der Waals surface area (Å²) < 4.78 is 17.0. The lowest BCUT2D eigenvalue weighted by molar-refractivity contribution is -0.277. The second-order valence-corrected chi connectivity index (χ2v) is 7.18. The van der Waals surface area contributed by atoms with Gasteiger partial charge in [0.15, 0.2) is 0 Å². The number of benzene rings is 2. The molecular formula is C21H21ClO10. The second-order valence-electron chi connectivity index (χ2n) is 7.18. The summed E-state index contributed by atoms with van der Waals surface area (Å²) in [6.07, 6.45) is -7.52. The largest absolute Gasteiger partial charge is 1.00 e. The summed E-state index contributed by atoms with van der Waals surface area (Å²) in [5.41, 5.74) is 0.573. The monoisotopic (exact) mass is 468 g/mol. The Morgan fingerprint density at radius 2 is 1.56 bits per heavy atom. The van der Waals surface area contributed by atoms with E-state index in [4.69, 9.17) is 13.9 Å². The van der Waals surface area contributed by atoms with E-state index < -0.39 is 37.3 Å². The number of ether oxygens (including phenoxy) is 2. The summed E-state index contributed by atoms with van der Waals surface area (Å²) in [7, 11) is 0. The fourth-order valence-electron chi connectivity index (χ4n) is 3.38. The molecule has 2 aromatic carbocycles. The first kappa shape index (κ1) is 23.8. The van der Waals surface area contributed by atoms with Crippen molar-refractivity contribution in [1.82, 2.24) is 0 Å². The van der Waals surface area contributed by atoms with Gasteiger partial charge in [-0.05, 0) is 24.3 Å². The highest BCUT2D eigenvalue weighted by molar-refractivity contribution is 5.88. The SMILES string of the molecule is OCC1O[C@H](Oc2cc3c(O)cc(O)cc3[o+]c2-c2ccc(O)cc2)[C@H](O)C(O)[C@@H]1O.[Cl-]. The smallest absolute Gasteiger partial charge is 0.402 e. The maximum atomic E-state index is 10.3. The van der Waals surface area contributed by atoms with Crippen molar-refractivity contribution in [3.8, 4) is 34.3 Å². The van der Waals surface area contributed by atoms with Crippen LogP contribution >= 0.6 is 0 Å². The van der Waals surface area contributed by atoms with Gasteiger partial charge < -0.3 is 57.6 Å². The molecule has 1 aliphatic heterocycles. The first-order valence-corrected chi connectivity index (χ1v) is 9.38. The quantitative estimate of drug-likeness (QED) is 0.206. The Morgan fingerprint density at radius 3 is 2.22 bits per heavy atom. The number of aliphatic hydroxyl groups is 4. The highest BCUT2D eigenvalue weighted by atomic mass is 35.5. The third kappa shape index (κ3) is 4.37. The minimum Gasteiger partial charge on any atom is -1.00 e. The van der Waals surface area contributed by atoms with Gasteiger partial charge in [0.25, 0.3) is 0 Å².